The fraction of sp³-hybridized carbons (Fsp3) is 0.300. The highest BCUT2D eigenvalue weighted by atomic mass is 32.2. The van der Waals surface area contributed by atoms with E-state index < -0.39 is 20.0 Å². The van der Waals surface area contributed by atoms with Gasteiger partial charge in [0, 0.05) is 30.1 Å². The average molecular weight is 495 g/mol. The molecular formula is C20H22N4O5S3. The van der Waals surface area contributed by atoms with Gasteiger partial charge in [-0.1, -0.05) is 12.1 Å². The van der Waals surface area contributed by atoms with Crippen molar-refractivity contribution in [2.45, 2.75) is 23.6 Å². The number of anilines is 1. The van der Waals surface area contributed by atoms with Crippen LogP contribution in [0.3, 0.4) is 0 Å². The van der Waals surface area contributed by atoms with Crippen LogP contribution >= 0.6 is 11.8 Å². The minimum atomic E-state index is -3.68. The zero-order valence-electron chi connectivity index (χ0n) is 17.5. The Kier molecular flexibility index (Phi) is 6.05. The first-order valence-corrected chi connectivity index (χ1v) is 13.7. The molecule has 0 saturated carbocycles. The number of aryl methyl sites for hydroxylation is 2. The zero-order chi connectivity index (χ0) is 23.1. The summed E-state index contributed by atoms with van der Waals surface area (Å²) in [5.41, 5.74) is 2.72. The molecule has 1 amide bonds. The predicted molar refractivity (Wildman–Crippen MR) is 124 cm³/mol. The number of sulfonamides is 2. The molecule has 2 N–H and O–H groups in total. The number of hydrogen-bond donors (Lipinski definition) is 2. The van der Waals surface area contributed by atoms with Crippen molar-refractivity contribution in [3.05, 3.63) is 53.1 Å². The summed E-state index contributed by atoms with van der Waals surface area (Å²) in [6.07, 6.45) is 0. The van der Waals surface area contributed by atoms with E-state index in [-0.39, 0.29) is 29.6 Å². The van der Waals surface area contributed by atoms with E-state index in [1.54, 1.807) is 37.3 Å². The molecule has 32 heavy (non-hydrogen) atoms. The van der Waals surface area contributed by atoms with Crippen molar-refractivity contribution in [1.29, 1.82) is 0 Å². The van der Waals surface area contributed by atoms with Gasteiger partial charge in [-0.25, -0.2) is 21.6 Å². The van der Waals surface area contributed by atoms with Crippen molar-refractivity contribution in [2.24, 2.45) is 4.40 Å². The van der Waals surface area contributed by atoms with Crippen LogP contribution in [-0.2, 0) is 20.0 Å². The summed E-state index contributed by atoms with van der Waals surface area (Å²) in [6.45, 7) is 4.04. The van der Waals surface area contributed by atoms with Crippen LogP contribution in [0.5, 0.6) is 0 Å². The van der Waals surface area contributed by atoms with E-state index in [1.165, 1.54) is 11.8 Å². The van der Waals surface area contributed by atoms with Gasteiger partial charge >= 0.3 is 0 Å². The molecule has 0 spiro atoms. The molecule has 0 fully saturated rings. The molecule has 0 bridgehead atoms. The molecule has 4 rings (SSSR count). The number of nitrogens with zero attached hydrogens (tertiary/aromatic N) is 2. The molecule has 2 aromatic carbocycles. The number of carbonyl (C=O) groups is 1. The number of fused-ring (bicyclic) bond motifs is 3. The highest BCUT2D eigenvalue weighted by Crippen LogP contribution is 2.42. The van der Waals surface area contributed by atoms with Gasteiger partial charge in [-0.3, -0.25) is 4.79 Å². The van der Waals surface area contributed by atoms with E-state index in [0.717, 1.165) is 16.1 Å². The van der Waals surface area contributed by atoms with Crippen LogP contribution < -0.4 is 14.9 Å². The number of hydrogen-bond acceptors (Lipinski definition) is 7. The smallest absolute Gasteiger partial charge is 0.257 e. The second-order valence-electron chi connectivity index (χ2n) is 7.52. The number of amides is 1. The molecule has 170 valence electrons. The Morgan fingerprint density at radius 2 is 1.94 bits per heavy atom. The van der Waals surface area contributed by atoms with E-state index in [9.17, 15) is 21.6 Å². The second-order valence-corrected chi connectivity index (χ2v) is 12.0. The van der Waals surface area contributed by atoms with Crippen LogP contribution in [0.15, 0.2) is 50.6 Å². The number of rotatable bonds is 6. The van der Waals surface area contributed by atoms with Gasteiger partial charge in [-0.15, -0.1) is 4.40 Å². The first kappa shape index (κ1) is 22.8. The summed E-state index contributed by atoms with van der Waals surface area (Å²) >= 11 is 1.21. The third-order valence-corrected chi connectivity index (χ3v) is 8.98. The molecule has 2 aromatic rings. The average Bonchev–Trinajstić information content (AvgIpc) is 3.08. The van der Waals surface area contributed by atoms with Gasteiger partial charge in [0.2, 0.25) is 10.0 Å². The molecule has 2 heterocycles. The maximum atomic E-state index is 12.5. The molecule has 0 radical (unpaired) electrons. The Hall–Kier alpha value is -2.41. The lowest BCUT2D eigenvalue weighted by atomic mass is 10.2. The molecule has 0 atom stereocenters. The maximum absolute atomic E-state index is 12.5. The summed E-state index contributed by atoms with van der Waals surface area (Å²) < 4.78 is 54.8. The Morgan fingerprint density at radius 1 is 1.16 bits per heavy atom. The molecule has 2 aliphatic rings. The highest BCUT2D eigenvalue weighted by Gasteiger charge is 2.33. The lowest BCUT2D eigenvalue weighted by Crippen LogP contribution is -2.35. The Bertz CT molecular complexity index is 1340. The lowest BCUT2D eigenvalue weighted by Gasteiger charge is -2.22. The van der Waals surface area contributed by atoms with Crippen molar-refractivity contribution >= 4 is 48.6 Å². The first-order chi connectivity index (χ1) is 15.1. The molecule has 0 unspecified atom stereocenters. The van der Waals surface area contributed by atoms with E-state index in [2.05, 4.69) is 14.4 Å². The summed E-state index contributed by atoms with van der Waals surface area (Å²) in [6, 6.07) is 10.3. The summed E-state index contributed by atoms with van der Waals surface area (Å²) in [5.74, 6) is -0.393. The van der Waals surface area contributed by atoms with Crippen molar-refractivity contribution in [3.63, 3.8) is 0 Å². The molecule has 0 aliphatic carbocycles. The van der Waals surface area contributed by atoms with Crippen LogP contribution in [0.1, 0.15) is 21.5 Å². The van der Waals surface area contributed by atoms with Gasteiger partial charge in [0.1, 0.15) is 0 Å². The molecule has 12 heteroatoms. The second kappa shape index (κ2) is 8.50. The fourth-order valence-corrected chi connectivity index (χ4v) is 7.07. The number of amidine groups is 1. The Balaban J connectivity index is 1.37. The minimum absolute atomic E-state index is 0.0449. The lowest BCUT2D eigenvalue weighted by molar-refractivity contribution is 0.0954. The van der Waals surface area contributed by atoms with Crippen LogP contribution in [0.4, 0.5) is 5.69 Å². The summed E-state index contributed by atoms with van der Waals surface area (Å²) in [4.78, 5) is 15.3. The van der Waals surface area contributed by atoms with Gasteiger partial charge in [0.15, 0.2) is 5.17 Å². The van der Waals surface area contributed by atoms with Crippen molar-refractivity contribution in [1.82, 2.24) is 10.0 Å². The van der Waals surface area contributed by atoms with Gasteiger partial charge in [-0.2, -0.15) is 0 Å². The standard InChI is InChI=1S/C20H22N4O5S3/c1-13-3-4-14(2)18(11-13)32(28,29)22-8-7-21-19(25)15-5-6-16-17(12-15)30-20-23-31(26,27)10-9-24(16)20/h3-6,11-12,22H,7-10H2,1-2H3,(H,21,25). The molecular weight excluding hydrogens is 472 g/mol. The SMILES string of the molecule is Cc1ccc(C)c(S(=O)(=O)NCCNC(=O)c2ccc3c(c2)SC2=NS(=O)(=O)CCN23)c1. The van der Waals surface area contributed by atoms with Gasteiger partial charge in [0.05, 0.1) is 16.3 Å². The van der Waals surface area contributed by atoms with Crippen LogP contribution in [0.25, 0.3) is 0 Å². The van der Waals surface area contributed by atoms with E-state index in [0.29, 0.717) is 22.8 Å². The van der Waals surface area contributed by atoms with E-state index in [4.69, 9.17) is 0 Å². The molecule has 0 saturated heterocycles. The van der Waals surface area contributed by atoms with E-state index in [1.807, 2.05) is 17.9 Å². The number of nitrogens with one attached hydrogen (secondary N) is 2. The van der Waals surface area contributed by atoms with Crippen molar-refractivity contribution in [3.8, 4) is 0 Å². The predicted octanol–water partition coefficient (Wildman–Crippen LogP) is 1.62. The van der Waals surface area contributed by atoms with Crippen LogP contribution in [0.2, 0.25) is 0 Å². The summed E-state index contributed by atoms with van der Waals surface area (Å²) in [5, 5.41) is 3.09. The zero-order valence-corrected chi connectivity index (χ0v) is 19.9. The summed E-state index contributed by atoms with van der Waals surface area (Å²) in [7, 11) is -7.12. The van der Waals surface area contributed by atoms with Crippen LogP contribution in [0, 0.1) is 13.8 Å². The topological polar surface area (TPSA) is 125 Å². The monoisotopic (exact) mass is 494 g/mol. The number of carbonyl (C=O) groups excluding carboxylic acids is 1. The minimum Gasteiger partial charge on any atom is -0.351 e. The van der Waals surface area contributed by atoms with Gasteiger partial charge < -0.3 is 10.2 Å². The fourth-order valence-electron chi connectivity index (χ4n) is 3.41. The number of benzene rings is 2. The number of thioether (sulfide) groups is 1. The third kappa shape index (κ3) is 4.68. The largest absolute Gasteiger partial charge is 0.351 e. The quantitative estimate of drug-likeness (QED) is 0.585. The van der Waals surface area contributed by atoms with Crippen molar-refractivity contribution in [2.75, 3.05) is 30.3 Å². The van der Waals surface area contributed by atoms with Gasteiger partial charge in [0.25, 0.3) is 15.9 Å². The molecule has 2 aliphatic heterocycles. The van der Waals surface area contributed by atoms with E-state index >= 15 is 0 Å². The maximum Gasteiger partial charge on any atom is 0.257 e. The first-order valence-electron chi connectivity index (χ1n) is 9.83. The van der Waals surface area contributed by atoms with Crippen molar-refractivity contribution < 1.29 is 21.6 Å². The molecule has 0 aromatic heterocycles. The highest BCUT2D eigenvalue weighted by molar-refractivity contribution is 8.15. The van der Waals surface area contributed by atoms with Gasteiger partial charge in [-0.05, 0) is 61.0 Å². The third-order valence-electron chi connectivity index (χ3n) is 5.07. The normalized spacial score (nSPS) is 16.8. The Morgan fingerprint density at radius 3 is 2.72 bits per heavy atom. The van der Waals surface area contributed by atoms with Crippen LogP contribution in [-0.4, -0.2) is 53.3 Å². The molecule has 9 nitrogen and oxygen atoms in total. The Labute approximate surface area is 191 Å².